The molecular formula is C18H13ClF3NO2. The molecule has 2 bridgehead atoms. The van der Waals surface area contributed by atoms with Crippen LogP contribution in [0.2, 0.25) is 5.02 Å². The third-order valence-corrected chi connectivity index (χ3v) is 6.51. The zero-order chi connectivity index (χ0) is 17.7. The Bertz CT molecular complexity index is 813. The number of carbonyl (C=O) groups is 2. The predicted molar refractivity (Wildman–Crippen MR) is 83.6 cm³/mol. The first-order chi connectivity index (χ1) is 11.8. The van der Waals surface area contributed by atoms with Crippen molar-refractivity contribution in [2.45, 2.75) is 12.6 Å². The molecule has 130 valence electrons. The van der Waals surface area contributed by atoms with E-state index in [-0.39, 0.29) is 29.3 Å². The van der Waals surface area contributed by atoms with E-state index in [1.54, 1.807) is 0 Å². The highest BCUT2D eigenvalue weighted by atomic mass is 35.5. The fourth-order valence-corrected chi connectivity index (χ4v) is 5.31. The van der Waals surface area contributed by atoms with Crippen LogP contribution < -0.4 is 4.90 Å². The van der Waals surface area contributed by atoms with E-state index in [0.717, 1.165) is 23.5 Å². The minimum atomic E-state index is -4.64. The van der Waals surface area contributed by atoms with Gasteiger partial charge in [0.15, 0.2) is 0 Å². The van der Waals surface area contributed by atoms with E-state index in [2.05, 4.69) is 0 Å². The molecule has 6 rings (SSSR count). The largest absolute Gasteiger partial charge is 0.417 e. The van der Waals surface area contributed by atoms with Gasteiger partial charge in [0.05, 0.1) is 28.1 Å². The summed E-state index contributed by atoms with van der Waals surface area (Å²) in [6.07, 6.45) is 0.443. The zero-order valence-electron chi connectivity index (χ0n) is 12.8. The van der Waals surface area contributed by atoms with Crippen LogP contribution in [0, 0.1) is 35.5 Å². The summed E-state index contributed by atoms with van der Waals surface area (Å²) in [6, 6.07) is 3.19. The van der Waals surface area contributed by atoms with Gasteiger partial charge in [-0.1, -0.05) is 23.8 Å². The monoisotopic (exact) mass is 367 g/mol. The summed E-state index contributed by atoms with van der Waals surface area (Å²) in [5, 5.41) is -0.448. The van der Waals surface area contributed by atoms with Crippen LogP contribution in [0.25, 0.3) is 0 Å². The average molecular weight is 368 g/mol. The number of rotatable bonds is 1. The summed E-state index contributed by atoms with van der Waals surface area (Å²) in [5.41, 5.74) is -1.08. The van der Waals surface area contributed by atoms with Crippen LogP contribution in [-0.4, -0.2) is 11.8 Å². The molecule has 1 aromatic rings. The molecule has 3 nitrogen and oxygen atoms in total. The number of nitrogens with zero attached hydrogens (tertiary/aromatic N) is 1. The van der Waals surface area contributed by atoms with Crippen molar-refractivity contribution in [3.05, 3.63) is 40.9 Å². The zero-order valence-corrected chi connectivity index (χ0v) is 13.6. The van der Waals surface area contributed by atoms with Crippen LogP contribution in [0.1, 0.15) is 12.0 Å². The standard InChI is InChI=1S/C18H13ClF3NO2/c19-13-4-1-7(5-12(13)18(20,21)22)23-16(24)14-8-2-3-9(11-6-10(8)11)15(14)17(23)25/h1-5,8-11,14-15H,6H2/t8-,9-,10-,11-,14+,15+/m1/s1. The van der Waals surface area contributed by atoms with Gasteiger partial charge < -0.3 is 0 Å². The number of anilines is 1. The lowest BCUT2D eigenvalue weighted by Gasteiger charge is -2.37. The molecule has 1 aromatic carbocycles. The fourth-order valence-electron chi connectivity index (χ4n) is 5.08. The quantitative estimate of drug-likeness (QED) is 0.557. The first-order valence-corrected chi connectivity index (χ1v) is 8.59. The number of benzene rings is 1. The second-order valence-corrected chi connectivity index (χ2v) is 7.74. The summed E-state index contributed by atoms with van der Waals surface area (Å²) >= 11 is 5.65. The van der Waals surface area contributed by atoms with Crippen molar-refractivity contribution in [1.82, 2.24) is 0 Å². The maximum Gasteiger partial charge on any atom is 0.417 e. The molecule has 1 aliphatic heterocycles. The number of imide groups is 1. The van der Waals surface area contributed by atoms with Gasteiger partial charge in [-0.05, 0) is 48.3 Å². The molecule has 5 aliphatic rings. The summed E-state index contributed by atoms with van der Waals surface area (Å²) in [5.74, 6) is -0.655. The first kappa shape index (κ1) is 15.4. The normalized spacial score (nSPS) is 38.2. The number of allylic oxidation sites excluding steroid dienone is 2. The smallest absolute Gasteiger partial charge is 0.274 e. The third-order valence-electron chi connectivity index (χ3n) is 6.18. The molecular weight excluding hydrogens is 355 g/mol. The van der Waals surface area contributed by atoms with Gasteiger partial charge in [-0.25, -0.2) is 0 Å². The molecule has 2 amide bonds. The fraction of sp³-hybridized carbons (Fsp3) is 0.444. The molecule has 0 N–H and O–H groups in total. The molecule has 25 heavy (non-hydrogen) atoms. The lowest BCUT2D eigenvalue weighted by molar-refractivity contribution is -0.137. The van der Waals surface area contributed by atoms with Crippen molar-refractivity contribution < 1.29 is 22.8 Å². The predicted octanol–water partition coefficient (Wildman–Crippen LogP) is 3.92. The highest BCUT2D eigenvalue weighted by molar-refractivity contribution is 6.31. The Hall–Kier alpha value is -1.82. The van der Waals surface area contributed by atoms with Crippen LogP contribution in [0.5, 0.6) is 0 Å². The second kappa shape index (κ2) is 4.67. The number of hydrogen-bond donors (Lipinski definition) is 0. The molecule has 0 spiro atoms. The Morgan fingerprint density at radius 3 is 2.08 bits per heavy atom. The molecule has 3 fully saturated rings. The molecule has 2 saturated carbocycles. The SMILES string of the molecule is O=C1[C@H]2[C@@H]3C=C[C@H]([C@H]4C[C@H]34)[C@@H]2C(=O)N1c1ccc(Cl)c(C(F)(F)F)c1. The average Bonchev–Trinajstić information content (AvgIpc) is 3.32. The molecule has 7 heteroatoms. The van der Waals surface area contributed by atoms with E-state index in [4.69, 9.17) is 11.6 Å². The van der Waals surface area contributed by atoms with E-state index < -0.39 is 28.6 Å². The van der Waals surface area contributed by atoms with Crippen molar-refractivity contribution in [1.29, 1.82) is 0 Å². The van der Waals surface area contributed by atoms with E-state index in [0.29, 0.717) is 11.8 Å². The summed E-state index contributed by atoms with van der Waals surface area (Å²) in [4.78, 5) is 26.8. The highest BCUT2D eigenvalue weighted by Crippen LogP contribution is 2.65. The molecule has 0 aromatic heterocycles. The maximum atomic E-state index is 13.1. The molecule has 0 radical (unpaired) electrons. The van der Waals surface area contributed by atoms with Gasteiger partial charge in [0.2, 0.25) is 11.8 Å². The van der Waals surface area contributed by atoms with Gasteiger partial charge in [0, 0.05) is 0 Å². The molecule has 1 saturated heterocycles. The van der Waals surface area contributed by atoms with Gasteiger partial charge in [-0.2, -0.15) is 13.2 Å². The third kappa shape index (κ3) is 1.94. The van der Waals surface area contributed by atoms with E-state index in [9.17, 15) is 22.8 Å². The lowest BCUT2D eigenvalue weighted by atomic mass is 9.63. The van der Waals surface area contributed by atoms with Crippen molar-refractivity contribution in [3.63, 3.8) is 0 Å². The number of alkyl halides is 3. The second-order valence-electron chi connectivity index (χ2n) is 7.33. The van der Waals surface area contributed by atoms with Crippen LogP contribution in [0.3, 0.4) is 0 Å². The number of amides is 2. The Labute approximate surface area is 146 Å². The number of hydrogen-bond acceptors (Lipinski definition) is 2. The minimum Gasteiger partial charge on any atom is -0.274 e. The topological polar surface area (TPSA) is 37.4 Å². The van der Waals surface area contributed by atoms with Gasteiger partial charge in [-0.15, -0.1) is 0 Å². The van der Waals surface area contributed by atoms with Crippen molar-refractivity contribution in [2.24, 2.45) is 35.5 Å². The first-order valence-electron chi connectivity index (χ1n) is 8.22. The van der Waals surface area contributed by atoms with Gasteiger partial charge in [0.1, 0.15) is 0 Å². The van der Waals surface area contributed by atoms with E-state index in [1.807, 2.05) is 12.2 Å². The lowest BCUT2D eigenvalue weighted by Crippen LogP contribution is -2.40. The van der Waals surface area contributed by atoms with Crippen LogP contribution in [-0.2, 0) is 15.8 Å². The van der Waals surface area contributed by atoms with Crippen molar-refractivity contribution >= 4 is 29.1 Å². The minimum absolute atomic E-state index is 0.0378. The molecule has 0 unspecified atom stereocenters. The van der Waals surface area contributed by atoms with E-state index >= 15 is 0 Å². The Morgan fingerprint density at radius 2 is 1.56 bits per heavy atom. The summed E-state index contributed by atoms with van der Waals surface area (Å²) in [7, 11) is 0. The van der Waals surface area contributed by atoms with Crippen LogP contribution in [0.4, 0.5) is 18.9 Å². The highest BCUT2D eigenvalue weighted by Gasteiger charge is 2.67. The number of carbonyl (C=O) groups excluding carboxylic acids is 2. The van der Waals surface area contributed by atoms with Gasteiger partial charge in [0.25, 0.3) is 0 Å². The van der Waals surface area contributed by atoms with Crippen molar-refractivity contribution in [2.75, 3.05) is 4.90 Å². The summed E-state index contributed by atoms with van der Waals surface area (Å²) in [6.45, 7) is 0. The van der Waals surface area contributed by atoms with Gasteiger partial charge >= 0.3 is 6.18 Å². The van der Waals surface area contributed by atoms with Crippen molar-refractivity contribution in [3.8, 4) is 0 Å². The number of halogens is 4. The Morgan fingerprint density at radius 1 is 1.00 bits per heavy atom. The van der Waals surface area contributed by atoms with E-state index in [1.165, 1.54) is 6.07 Å². The van der Waals surface area contributed by atoms with Crippen LogP contribution in [0.15, 0.2) is 30.4 Å². The Kier molecular flexibility index (Phi) is 2.88. The van der Waals surface area contributed by atoms with Gasteiger partial charge in [-0.3, -0.25) is 14.5 Å². The molecule has 4 aliphatic carbocycles. The Balaban J connectivity index is 1.57. The van der Waals surface area contributed by atoms with Crippen LogP contribution >= 0.6 is 11.6 Å². The molecule has 1 heterocycles. The maximum absolute atomic E-state index is 13.1. The summed E-state index contributed by atoms with van der Waals surface area (Å²) < 4.78 is 39.3. The molecule has 6 atom stereocenters.